The predicted molar refractivity (Wildman–Crippen MR) is 125 cm³/mol. The lowest BCUT2D eigenvalue weighted by Crippen LogP contribution is -2.38. The molecule has 33 heavy (non-hydrogen) atoms. The second kappa shape index (κ2) is 10.5. The molecule has 0 unspecified atom stereocenters. The summed E-state index contributed by atoms with van der Waals surface area (Å²) in [7, 11) is 0. The molecule has 178 valence electrons. The van der Waals surface area contributed by atoms with E-state index in [1.165, 1.54) is 38.2 Å². The summed E-state index contributed by atoms with van der Waals surface area (Å²) in [6.07, 6.45) is 12.6. The fraction of sp³-hybridized carbons (Fsp3) is 0.571. The standard InChI is InChI=1S/C28H35F2NO2/c29-20-15-25(28(26(30)16-20)32-18-19-7-3-1-4-8-19)24-17-27(24)31-21-11-13-23(14-12-21)33-22-9-5-2-6-10-22/h1,3-4,7-8,15-16,21-24,27,31H,2,5-6,9-14,17-18H2/t21?,23?,24-,27+/m0/s1. The maximum Gasteiger partial charge on any atom is 0.168 e. The van der Waals surface area contributed by atoms with Crippen LogP contribution in [0.2, 0.25) is 0 Å². The van der Waals surface area contributed by atoms with Crippen molar-refractivity contribution in [2.45, 2.75) is 101 Å². The maximum atomic E-state index is 14.6. The van der Waals surface area contributed by atoms with E-state index in [2.05, 4.69) is 5.32 Å². The molecule has 2 atom stereocenters. The molecule has 0 spiro atoms. The van der Waals surface area contributed by atoms with Gasteiger partial charge in [-0.15, -0.1) is 0 Å². The van der Waals surface area contributed by atoms with E-state index in [9.17, 15) is 8.78 Å². The first-order chi connectivity index (χ1) is 16.2. The summed E-state index contributed by atoms with van der Waals surface area (Å²) in [5, 5.41) is 3.75. The van der Waals surface area contributed by atoms with Crippen molar-refractivity contribution in [3.8, 4) is 5.75 Å². The van der Waals surface area contributed by atoms with E-state index in [1.54, 1.807) is 0 Å². The molecule has 3 saturated carbocycles. The van der Waals surface area contributed by atoms with Gasteiger partial charge in [-0.1, -0.05) is 49.6 Å². The van der Waals surface area contributed by atoms with Crippen molar-refractivity contribution in [1.82, 2.24) is 5.32 Å². The smallest absolute Gasteiger partial charge is 0.168 e. The van der Waals surface area contributed by atoms with Crippen LogP contribution in [0.3, 0.4) is 0 Å². The molecule has 1 N–H and O–H groups in total. The lowest BCUT2D eigenvalue weighted by atomic mass is 9.91. The van der Waals surface area contributed by atoms with Crippen LogP contribution in [0.5, 0.6) is 5.75 Å². The van der Waals surface area contributed by atoms with E-state index < -0.39 is 11.6 Å². The Labute approximate surface area is 195 Å². The van der Waals surface area contributed by atoms with Crippen molar-refractivity contribution in [3.63, 3.8) is 0 Å². The molecule has 0 radical (unpaired) electrons. The van der Waals surface area contributed by atoms with Crippen LogP contribution in [0, 0.1) is 11.6 Å². The minimum absolute atomic E-state index is 0.0946. The molecule has 2 aromatic rings. The summed E-state index contributed by atoms with van der Waals surface area (Å²) < 4.78 is 40.9. The van der Waals surface area contributed by atoms with Crippen LogP contribution in [-0.2, 0) is 11.3 Å². The highest BCUT2D eigenvalue weighted by atomic mass is 19.1. The molecule has 0 heterocycles. The van der Waals surface area contributed by atoms with Gasteiger partial charge in [-0.2, -0.15) is 0 Å². The van der Waals surface area contributed by atoms with Gasteiger partial charge in [0.25, 0.3) is 0 Å². The van der Waals surface area contributed by atoms with Crippen LogP contribution in [0.4, 0.5) is 8.78 Å². The molecule has 0 aliphatic heterocycles. The Morgan fingerprint density at radius 2 is 1.58 bits per heavy atom. The Kier molecular flexibility index (Phi) is 7.27. The molecule has 3 nitrogen and oxygen atoms in total. The Bertz CT molecular complexity index is 908. The molecule has 3 aliphatic rings. The zero-order valence-electron chi connectivity index (χ0n) is 19.3. The molecular weight excluding hydrogens is 420 g/mol. The first-order valence-corrected chi connectivity index (χ1v) is 12.7. The van der Waals surface area contributed by atoms with Crippen LogP contribution in [0.15, 0.2) is 42.5 Å². The van der Waals surface area contributed by atoms with Crippen molar-refractivity contribution < 1.29 is 18.3 Å². The van der Waals surface area contributed by atoms with Crippen molar-refractivity contribution in [3.05, 3.63) is 65.2 Å². The second-order valence-corrected chi connectivity index (χ2v) is 10.1. The number of hydrogen-bond acceptors (Lipinski definition) is 3. The van der Waals surface area contributed by atoms with Crippen molar-refractivity contribution >= 4 is 0 Å². The van der Waals surface area contributed by atoms with Crippen LogP contribution in [0.1, 0.15) is 81.3 Å². The van der Waals surface area contributed by atoms with Gasteiger partial charge in [0.05, 0.1) is 12.2 Å². The van der Waals surface area contributed by atoms with Crippen LogP contribution in [0.25, 0.3) is 0 Å². The molecule has 0 bridgehead atoms. The number of halogens is 2. The van der Waals surface area contributed by atoms with E-state index in [4.69, 9.17) is 9.47 Å². The van der Waals surface area contributed by atoms with Gasteiger partial charge >= 0.3 is 0 Å². The summed E-state index contributed by atoms with van der Waals surface area (Å²) in [4.78, 5) is 0. The average Bonchev–Trinajstić information content (AvgIpc) is 3.59. The summed E-state index contributed by atoms with van der Waals surface area (Å²) in [6, 6.07) is 12.8. The third-order valence-electron chi connectivity index (χ3n) is 7.51. The highest BCUT2D eigenvalue weighted by molar-refractivity contribution is 5.42. The van der Waals surface area contributed by atoms with Crippen LogP contribution >= 0.6 is 0 Å². The molecule has 2 aromatic carbocycles. The third-order valence-corrected chi connectivity index (χ3v) is 7.51. The molecule has 0 saturated heterocycles. The zero-order chi connectivity index (χ0) is 22.6. The summed E-state index contributed by atoms with van der Waals surface area (Å²) in [5.74, 6) is -0.871. The number of rotatable bonds is 8. The van der Waals surface area contributed by atoms with Gasteiger partial charge in [0.2, 0.25) is 0 Å². The third kappa shape index (κ3) is 5.93. The molecule has 0 aromatic heterocycles. The normalized spacial score (nSPS) is 27.9. The fourth-order valence-electron chi connectivity index (χ4n) is 5.60. The summed E-state index contributed by atoms with van der Waals surface area (Å²) in [6.45, 7) is 0.270. The Morgan fingerprint density at radius 3 is 2.33 bits per heavy atom. The Morgan fingerprint density at radius 1 is 0.848 bits per heavy atom. The van der Waals surface area contributed by atoms with Gasteiger partial charge in [-0.3, -0.25) is 0 Å². The van der Waals surface area contributed by atoms with E-state index >= 15 is 0 Å². The number of hydrogen-bond donors (Lipinski definition) is 1. The monoisotopic (exact) mass is 455 g/mol. The van der Waals surface area contributed by atoms with Crippen LogP contribution < -0.4 is 10.1 Å². The average molecular weight is 456 g/mol. The minimum Gasteiger partial charge on any atom is -0.486 e. The van der Waals surface area contributed by atoms with Gasteiger partial charge < -0.3 is 14.8 Å². The molecule has 3 fully saturated rings. The van der Waals surface area contributed by atoms with Gasteiger partial charge in [0, 0.05) is 29.6 Å². The van der Waals surface area contributed by atoms with Gasteiger partial charge in [0.1, 0.15) is 12.4 Å². The molecular formula is C28H35F2NO2. The first kappa shape index (κ1) is 22.8. The Balaban J connectivity index is 1.14. The lowest BCUT2D eigenvalue weighted by Gasteiger charge is -2.33. The van der Waals surface area contributed by atoms with Gasteiger partial charge in [0.15, 0.2) is 11.6 Å². The number of ether oxygens (including phenoxy) is 2. The maximum absolute atomic E-state index is 14.6. The quantitative estimate of drug-likeness (QED) is 0.483. The SMILES string of the molecule is Fc1cc(F)c(OCc2ccccc2)c([C@@H]2C[C@H]2NC2CCC(OC3CCCCC3)CC2)c1. The fourth-order valence-corrected chi connectivity index (χ4v) is 5.60. The minimum atomic E-state index is -0.619. The summed E-state index contributed by atoms with van der Waals surface area (Å²) in [5.41, 5.74) is 1.61. The largest absolute Gasteiger partial charge is 0.486 e. The number of benzene rings is 2. The molecule has 3 aliphatic carbocycles. The van der Waals surface area contributed by atoms with Crippen molar-refractivity contribution in [1.29, 1.82) is 0 Å². The Hall–Kier alpha value is -1.98. The van der Waals surface area contributed by atoms with E-state index in [0.717, 1.165) is 43.7 Å². The predicted octanol–water partition coefficient (Wildman–Crippen LogP) is 6.65. The van der Waals surface area contributed by atoms with Crippen molar-refractivity contribution in [2.24, 2.45) is 0 Å². The molecule has 5 rings (SSSR count). The summed E-state index contributed by atoms with van der Waals surface area (Å²) >= 11 is 0. The highest BCUT2D eigenvalue weighted by Gasteiger charge is 2.42. The number of nitrogens with one attached hydrogen (secondary N) is 1. The zero-order valence-corrected chi connectivity index (χ0v) is 19.3. The molecule has 5 heteroatoms. The van der Waals surface area contributed by atoms with E-state index in [1.807, 2.05) is 30.3 Å². The lowest BCUT2D eigenvalue weighted by molar-refractivity contribution is -0.0482. The van der Waals surface area contributed by atoms with Crippen LogP contribution in [-0.4, -0.2) is 24.3 Å². The van der Waals surface area contributed by atoms with Crippen molar-refractivity contribution in [2.75, 3.05) is 0 Å². The van der Waals surface area contributed by atoms with Gasteiger partial charge in [-0.25, -0.2) is 8.78 Å². The van der Waals surface area contributed by atoms with E-state index in [-0.39, 0.29) is 24.3 Å². The van der Waals surface area contributed by atoms with Gasteiger partial charge in [-0.05, 0) is 56.6 Å². The molecule has 0 amide bonds. The highest BCUT2D eigenvalue weighted by Crippen LogP contribution is 2.47. The van der Waals surface area contributed by atoms with E-state index in [0.29, 0.717) is 23.8 Å². The first-order valence-electron chi connectivity index (χ1n) is 12.7. The second-order valence-electron chi connectivity index (χ2n) is 10.1. The topological polar surface area (TPSA) is 30.5 Å².